The molecule has 6 rings (SSSR count). The molecule has 1 aliphatic heterocycles. The number of fused-ring (bicyclic) bond motifs is 1. The maximum absolute atomic E-state index is 12.8. The predicted molar refractivity (Wildman–Crippen MR) is 164 cm³/mol. The zero-order chi connectivity index (χ0) is 28.2. The molecule has 1 fully saturated rings. The third kappa shape index (κ3) is 6.20. The van der Waals surface area contributed by atoms with Gasteiger partial charge < -0.3 is 14.0 Å². The fraction of sp³-hybridized carbons (Fsp3) is 0.235. The number of ether oxygens (including phenoxy) is 1. The van der Waals surface area contributed by atoms with E-state index in [1.165, 1.54) is 5.56 Å². The van der Waals surface area contributed by atoms with Gasteiger partial charge in [0.2, 0.25) is 5.91 Å². The van der Waals surface area contributed by atoms with Crippen LogP contribution in [-0.2, 0) is 22.7 Å². The molecule has 5 aromatic rings. The average molecular weight is 565 g/mol. The lowest BCUT2D eigenvalue weighted by atomic mass is 10.1. The van der Waals surface area contributed by atoms with Gasteiger partial charge in [0.1, 0.15) is 12.3 Å². The molecule has 3 heterocycles. The maximum Gasteiger partial charge on any atom is 0.248 e. The molecule has 1 aliphatic rings. The Morgan fingerprint density at radius 3 is 2.32 bits per heavy atom. The summed E-state index contributed by atoms with van der Waals surface area (Å²) < 4.78 is 7.90. The van der Waals surface area contributed by atoms with E-state index in [0.29, 0.717) is 19.7 Å². The molecule has 0 saturated carbocycles. The number of aryl methyl sites for hydroxylation is 1. The molecule has 6 nitrogen and oxygen atoms in total. The molecule has 0 unspecified atom stereocenters. The van der Waals surface area contributed by atoms with Crippen LogP contribution in [0.1, 0.15) is 16.8 Å². The first kappa shape index (κ1) is 27.2. The molecule has 0 spiro atoms. The third-order valence-corrected chi connectivity index (χ3v) is 7.99. The molecule has 2 aromatic heterocycles. The highest BCUT2D eigenvalue weighted by Crippen LogP contribution is 2.31. The topological polar surface area (TPSA) is 50.1 Å². The molecule has 0 bridgehead atoms. The number of hydrogen-bond acceptors (Lipinski definition) is 4. The Kier molecular flexibility index (Phi) is 8.14. The molecule has 0 aliphatic carbocycles. The van der Waals surface area contributed by atoms with Crippen LogP contribution in [0.15, 0.2) is 97.2 Å². The van der Waals surface area contributed by atoms with Crippen LogP contribution >= 0.6 is 11.6 Å². The second-order valence-electron chi connectivity index (χ2n) is 10.5. The number of benzene rings is 3. The Balaban J connectivity index is 1.20. The van der Waals surface area contributed by atoms with E-state index in [9.17, 15) is 4.79 Å². The molecule has 3 aromatic carbocycles. The van der Waals surface area contributed by atoms with Crippen LogP contribution in [-0.4, -0.2) is 57.9 Å². The monoisotopic (exact) mass is 564 g/mol. The van der Waals surface area contributed by atoms with Crippen LogP contribution in [0.25, 0.3) is 28.0 Å². The van der Waals surface area contributed by atoms with E-state index < -0.39 is 0 Å². The minimum absolute atomic E-state index is 0.0418. The minimum atomic E-state index is 0.0418. The molecule has 1 amide bonds. The van der Waals surface area contributed by atoms with Gasteiger partial charge in [0.05, 0.1) is 18.0 Å². The Morgan fingerprint density at radius 1 is 0.854 bits per heavy atom. The highest BCUT2D eigenvalue weighted by Gasteiger charge is 2.24. The van der Waals surface area contributed by atoms with Gasteiger partial charge in [-0.3, -0.25) is 9.69 Å². The van der Waals surface area contributed by atoms with E-state index >= 15 is 0 Å². The Hall–Kier alpha value is -3.97. The standard InChI is InChI=1S/C34H33ClN4O2/c1-25-11-13-27(14-12-25)34-31(39-21-28(15-16-32(39)36-34)29-9-5-6-10-30(29)35)22-37-17-19-38(20-18-37)33(40)24-41-23-26-7-3-2-4-8-26/h2-16,21H,17-20,22-24H2,1H3. The Bertz CT molecular complexity index is 1640. The molecule has 0 N–H and O–H groups in total. The number of halogens is 1. The van der Waals surface area contributed by atoms with Gasteiger partial charge >= 0.3 is 0 Å². The van der Waals surface area contributed by atoms with Gasteiger partial charge in [0, 0.05) is 55.1 Å². The van der Waals surface area contributed by atoms with Gasteiger partial charge in [-0.25, -0.2) is 4.98 Å². The number of carbonyl (C=O) groups excluding carboxylic acids is 1. The second-order valence-corrected chi connectivity index (χ2v) is 10.9. The fourth-order valence-corrected chi connectivity index (χ4v) is 5.58. The van der Waals surface area contributed by atoms with Crippen molar-refractivity contribution >= 4 is 23.2 Å². The number of imidazole rings is 1. The summed E-state index contributed by atoms with van der Waals surface area (Å²) in [7, 11) is 0. The smallest absolute Gasteiger partial charge is 0.248 e. The normalized spacial score (nSPS) is 14.0. The highest BCUT2D eigenvalue weighted by atomic mass is 35.5. The summed E-state index contributed by atoms with van der Waals surface area (Å²) in [5, 5.41) is 0.723. The summed E-state index contributed by atoms with van der Waals surface area (Å²) in [6.45, 7) is 6.29. The maximum atomic E-state index is 12.8. The minimum Gasteiger partial charge on any atom is -0.367 e. The summed E-state index contributed by atoms with van der Waals surface area (Å²) in [5.41, 5.74) is 8.43. The van der Waals surface area contributed by atoms with Crippen LogP contribution in [0.5, 0.6) is 0 Å². The first-order chi connectivity index (χ1) is 20.0. The summed E-state index contributed by atoms with van der Waals surface area (Å²) in [6.07, 6.45) is 2.14. The Labute approximate surface area is 245 Å². The van der Waals surface area contributed by atoms with Crippen molar-refractivity contribution in [3.63, 3.8) is 0 Å². The lowest BCUT2D eigenvalue weighted by Crippen LogP contribution is -2.49. The van der Waals surface area contributed by atoms with E-state index in [4.69, 9.17) is 21.3 Å². The first-order valence-electron chi connectivity index (χ1n) is 14.0. The second kappa shape index (κ2) is 12.3. The van der Waals surface area contributed by atoms with Crippen molar-refractivity contribution in [1.82, 2.24) is 19.2 Å². The molecule has 208 valence electrons. The number of piperazine rings is 1. The van der Waals surface area contributed by atoms with Gasteiger partial charge in [-0.2, -0.15) is 0 Å². The van der Waals surface area contributed by atoms with Crippen molar-refractivity contribution in [2.45, 2.75) is 20.1 Å². The summed E-state index contributed by atoms with van der Waals surface area (Å²) in [6, 6.07) is 30.5. The van der Waals surface area contributed by atoms with Gasteiger partial charge in [-0.15, -0.1) is 0 Å². The fourth-order valence-electron chi connectivity index (χ4n) is 5.33. The summed E-state index contributed by atoms with van der Waals surface area (Å²) >= 11 is 6.55. The SMILES string of the molecule is Cc1ccc(-c2nc3ccc(-c4ccccc4Cl)cn3c2CN2CCN(C(=O)COCc3ccccc3)CC2)cc1. The lowest BCUT2D eigenvalue weighted by Gasteiger charge is -2.34. The van der Waals surface area contributed by atoms with Crippen molar-refractivity contribution in [1.29, 1.82) is 0 Å². The first-order valence-corrected chi connectivity index (χ1v) is 14.4. The van der Waals surface area contributed by atoms with Crippen LogP contribution in [0.4, 0.5) is 0 Å². The molecule has 41 heavy (non-hydrogen) atoms. The average Bonchev–Trinajstić information content (AvgIpc) is 3.36. The van der Waals surface area contributed by atoms with E-state index in [1.54, 1.807) is 0 Å². The van der Waals surface area contributed by atoms with Gasteiger partial charge in [-0.1, -0.05) is 90.0 Å². The molecule has 0 atom stereocenters. The van der Waals surface area contributed by atoms with E-state index in [1.807, 2.05) is 59.5 Å². The molecular weight excluding hydrogens is 532 g/mol. The van der Waals surface area contributed by atoms with Crippen molar-refractivity contribution < 1.29 is 9.53 Å². The van der Waals surface area contributed by atoms with Crippen LogP contribution in [0.2, 0.25) is 5.02 Å². The number of nitrogens with zero attached hydrogens (tertiary/aromatic N) is 4. The van der Waals surface area contributed by atoms with Gasteiger partial charge in [0.15, 0.2) is 0 Å². The van der Waals surface area contributed by atoms with Crippen LogP contribution in [0, 0.1) is 6.92 Å². The molecular formula is C34H33ClN4O2. The zero-order valence-electron chi connectivity index (χ0n) is 23.2. The van der Waals surface area contributed by atoms with Crippen molar-refractivity contribution in [3.8, 4) is 22.4 Å². The number of carbonyl (C=O) groups is 1. The van der Waals surface area contributed by atoms with Crippen molar-refractivity contribution in [3.05, 3.63) is 119 Å². The molecule has 1 saturated heterocycles. The third-order valence-electron chi connectivity index (χ3n) is 7.66. The van der Waals surface area contributed by atoms with Crippen molar-refractivity contribution in [2.75, 3.05) is 32.8 Å². The molecule has 0 radical (unpaired) electrons. The van der Waals surface area contributed by atoms with E-state index in [0.717, 1.165) is 63.9 Å². The van der Waals surface area contributed by atoms with Crippen LogP contribution in [0.3, 0.4) is 0 Å². The number of aromatic nitrogens is 2. The summed E-state index contributed by atoms with van der Waals surface area (Å²) in [4.78, 5) is 22.2. The zero-order valence-corrected chi connectivity index (χ0v) is 23.9. The number of amides is 1. The largest absolute Gasteiger partial charge is 0.367 e. The van der Waals surface area contributed by atoms with E-state index in [-0.39, 0.29) is 12.5 Å². The van der Waals surface area contributed by atoms with E-state index in [2.05, 4.69) is 58.8 Å². The summed E-state index contributed by atoms with van der Waals surface area (Å²) in [5.74, 6) is 0.0418. The van der Waals surface area contributed by atoms with Crippen molar-refractivity contribution in [2.24, 2.45) is 0 Å². The molecule has 7 heteroatoms. The van der Waals surface area contributed by atoms with Crippen LogP contribution < -0.4 is 0 Å². The van der Waals surface area contributed by atoms with Gasteiger partial charge in [0.25, 0.3) is 0 Å². The predicted octanol–water partition coefficient (Wildman–Crippen LogP) is 6.49. The highest BCUT2D eigenvalue weighted by molar-refractivity contribution is 6.33. The quantitative estimate of drug-likeness (QED) is 0.216. The number of pyridine rings is 1. The number of rotatable bonds is 8. The van der Waals surface area contributed by atoms with Gasteiger partial charge in [-0.05, 0) is 36.2 Å². The lowest BCUT2D eigenvalue weighted by molar-refractivity contribution is -0.138. The number of hydrogen-bond donors (Lipinski definition) is 0. The Morgan fingerprint density at radius 2 is 1.56 bits per heavy atom.